The fourth-order valence-electron chi connectivity index (χ4n) is 2.04. The minimum atomic E-state index is -3.06. The van der Waals surface area contributed by atoms with E-state index in [9.17, 15) is 26.3 Å². The first kappa shape index (κ1) is 18.7. The third-order valence-corrected chi connectivity index (χ3v) is 3.16. The molecular weight excluding hydrogens is 354 g/mol. The van der Waals surface area contributed by atoms with E-state index in [2.05, 4.69) is 15.0 Å². The van der Waals surface area contributed by atoms with E-state index in [0.29, 0.717) is 5.56 Å². The van der Waals surface area contributed by atoms with E-state index in [-0.39, 0.29) is 24.5 Å². The first-order chi connectivity index (χ1) is 11.8. The molecular formula is C15H12F6N2O2. The Morgan fingerprint density at radius 3 is 2.24 bits per heavy atom. The van der Waals surface area contributed by atoms with Crippen molar-refractivity contribution in [3.05, 3.63) is 47.3 Å². The highest BCUT2D eigenvalue weighted by molar-refractivity contribution is 5.46. The van der Waals surface area contributed by atoms with E-state index in [0.717, 1.165) is 0 Å². The highest BCUT2D eigenvalue weighted by Crippen LogP contribution is 2.30. The van der Waals surface area contributed by atoms with Crippen LogP contribution in [0.4, 0.5) is 32.0 Å². The molecule has 1 aromatic heterocycles. The topological polar surface area (TPSA) is 43.4 Å². The monoisotopic (exact) mass is 366 g/mol. The van der Waals surface area contributed by atoms with E-state index >= 15 is 0 Å². The van der Waals surface area contributed by atoms with Gasteiger partial charge in [0.25, 0.3) is 11.9 Å². The number of nitrogens with one attached hydrogen (secondary N) is 1. The predicted molar refractivity (Wildman–Crippen MR) is 75.9 cm³/mol. The number of methoxy groups -OCH3 is 1. The smallest absolute Gasteiger partial charge is 0.387 e. The lowest BCUT2D eigenvalue weighted by Gasteiger charge is -2.12. The van der Waals surface area contributed by atoms with Crippen LogP contribution in [0.1, 0.15) is 5.56 Å². The normalized spacial score (nSPS) is 10.9. The highest BCUT2D eigenvalue weighted by atomic mass is 19.3. The second kappa shape index (κ2) is 7.95. The Labute approximate surface area is 138 Å². The molecule has 0 aliphatic carbocycles. The summed E-state index contributed by atoms with van der Waals surface area (Å²) >= 11 is 0. The summed E-state index contributed by atoms with van der Waals surface area (Å²) in [4.78, 5) is 2.43. The van der Waals surface area contributed by atoms with Gasteiger partial charge in [0.1, 0.15) is 5.69 Å². The molecule has 0 aliphatic heterocycles. The molecule has 0 atom stereocenters. The zero-order valence-electron chi connectivity index (χ0n) is 12.8. The average Bonchev–Trinajstić information content (AvgIpc) is 2.56. The van der Waals surface area contributed by atoms with Gasteiger partial charge in [-0.3, -0.25) is 0 Å². The maximum absolute atomic E-state index is 13.4. The predicted octanol–water partition coefficient (Wildman–Crippen LogP) is 3.90. The SMILES string of the molecule is COc1ccc(CCNc2c(F)c(F)nc(F)c2F)cc1OC(F)F. The largest absolute Gasteiger partial charge is 0.493 e. The zero-order chi connectivity index (χ0) is 18.6. The molecule has 1 N–H and O–H groups in total. The van der Waals surface area contributed by atoms with E-state index in [1.165, 1.54) is 25.3 Å². The summed E-state index contributed by atoms with van der Waals surface area (Å²) in [5.41, 5.74) is -0.540. The Hall–Kier alpha value is -2.65. The number of benzene rings is 1. The van der Waals surface area contributed by atoms with Crippen LogP contribution in [0.25, 0.3) is 0 Å². The highest BCUT2D eigenvalue weighted by Gasteiger charge is 2.20. The summed E-state index contributed by atoms with van der Waals surface area (Å²) in [6.07, 6.45) is 0.0913. The lowest BCUT2D eigenvalue weighted by Crippen LogP contribution is -2.12. The maximum atomic E-state index is 13.4. The summed E-state index contributed by atoms with van der Waals surface area (Å²) in [6, 6.07) is 4.15. The summed E-state index contributed by atoms with van der Waals surface area (Å²) in [6.45, 7) is -3.20. The molecule has 0 bridgehead atoms. The Morgan fingerprint density at radius 1 is 1.04 bits per heavy atom. The molecule has 0 saturated heterocycles. The molecule has 1 aromatic carbocycles. The van der Waals surface area contributed by atoms with Crippen LogP contribution in [0, 0.1) is 23.5 Å². The van der Waals surface area contributed by atoms with Gasteiger partial charge >= 0.3 is 6.61 Å². The quantitative estimate of drug-likeness (QED) is 0.596. The molecule has 0 unspecified atom stereocenters. The van der Waals surface area contributed by atoms with Crippen molar-refractivity contribution in [2.24, 2.45) is 0 Å². The van der Waals surface area contributed by atoms with Crippen LogP contribution in [0.15, 0.2) is 18.2 Å². The molecule has 136 valence electrons. The number of rotatable bonds is 7. The standard InChI is InChI=1S/C15H12F6N2O2/c1-24-8-3-2-7(6-9(8)25-15(20)21)4-5-22-12-10(16)13(18)23-14(19)11(12)17/h2-3,6,15H,4-5H2,1H3,(H,22,23). The Balaban J connectivity index is 2.10. The van der Waals surface area contributed by atoms with Crippen molar-refractivity contribution in [3.63, 3.8) is 0 Å². The van der Waals surface area contributed by atoms with Crippen molar-refractivity contribution in [2.75, 3.05) is 19.0 Å². The number of aromatic nitrogens is 1. The fourth-order valence-corrected chi connectivity index (χ4v) is 2.04. The van der Waals surface area contributed by atoms with Crippen molar-refractivity contribution in [1.29, 1.82) is 0 Å². The van der Waals surface area contributed by atoms with Gasteiger partial charge in [-0.25, -0.2) is 0 Å². The van der Waals surface area contributed by atoms with Crippen molar-refractivity contribution >= 4 is 5.69 Å². The number of nitrogens with zero attached hydrogens (tertiary/aromatic N) is 1. The minimum Gasteiger partial charge on any atom is -0.493 e. The molecule has 0 fully saturated rings. The number of ether oxygens (including phenoxy) is 2. The number of pyridine rings is 1. The molecule has 10 heteroatoms. The Bertz CT molecular complexity index is 731. The maximum Gasteiger partial charge on any atom is 0.387 e. The summed E-state index contributed by atoms with van der Waals surface area (Å²) in [5.74, 6) is -7.01. The molecule has 4 nitrogen and oxygen atoms in total. The van der Waals surface area contributed by atoms with Gasteiger partial charge in [0.15, 0.2) is 11.5 Å². The third kappa shape index (κ3) is 4.46. The molecule has 0 radical (unpaired) electrons. The van der Waals surface area contributed by atoms with Gasteiger partial charge < -0.3 is 14.8 Å². The van der Waals surface area contributed by atoms with Crippen molar-refractivity contribution in [3.8, 4) is 11.5 Å². The molecule has 0 spiro atoms. The van der Waals surface area contributed by atoms with Crippen LogP contribution < -0.4 is 14.8 Å². The second-order valence-electron chi connectivity index (χ2n) is 4.74. The van der Waals surface area contributed by atoms with Gasteiger partial charge in [-0.2, -0.15) is 31.3 Å². The third-order valence-electron chi connectivity index (χ3n) is 3.16. The van der Waals surface area contributed by atoms with Crippen molar-refractivity contribution in [2.45, 2.75) is 13.0 Å². The minimum absolute atomic E-state index is 0.0763. The summed E-state index contributed by atoms with van der Waals surface area (Å²) < 4.78 is 86.8. The summed E-state index contributed by atoms with van der Waals surface area (Å²) in [7, 11) is 1.27. The molecule has 2 aromatic rings. The number of hydrogen-bond donors (Lipinski definition) is 1. The molecule has 2 rings (SSSR count). The van der Waals surface area contributed by atoms with Gasteiger partial charge in [0.2, 0.25) is 11.6 Å². The molecule has 0 amide bonds. The van der Waals surface area contributed by atoms with E-state index < -0.39 is 35.8 Å². The second-order valence-corrected chi connectivity index (χ2v) is 4.74. The molecule has 0 saturated carbocycles. The van der Waals surface area contributed by atoms with Crippen LogP contribution in [-0.2, 0) is 6.42 Å². The van der Waals surface area contributed by atoms with E-state index in [1.54, 1.807) is 0 Å². The lowest BCUT2D eigenvalue weighted by atomic mass is 10.1. The number of halogens is 6. The average molecular weight is 366 g/mol. The summed E-state index contributed by atoms with van der Waals surface area (Å²) in [5, 5.41) is 2.21. The first-order valence-corrected chi connectivity index (χ1v) is 6.89. The van der Waals surface area contributed by atoms with Gasteiger partial charge in [0.05, 0.1) is 7.11 Å². The number of anilines is 1. The molecule has 1 heterocycles. The van der Waals surface area contributed by atoms with Gasteiger partial charge in [0, 0.05) is 6.54 Å². The van der Waals surface area contributed by atoms with Crippen LogP contribution in [0.5, 0.6) is 11.5 Å². The molecule has 0 aliphatic rings. The lowest BCUT2D eigenvalue weighted by molar-refractivity contribution is -0.0512. The first-order valence-electron chi connectivity index (χ1n) is 6.89. The van der Waals surface area contributed by atoms with Crippen LogP contribution in [0.2, 0.25) is 0 Å². The van der Waals surface area contributed by atoms with Crippen LogP contribution in [-0.4, -0.2) is 25.3 Å². The zero-order valence-corrected chi connectivity index (χ0v) is 12.8. The van der Waals surface area contributed by atoms with Crippen LogP contribution >= 0.6 is 0 Å². The Kier molecular flexibility index (Phi) is 5.94. The fraction of sp³-hybridized carbons (Fsp3) is 0.267. The number of alkyl halides is 2. The van der Waals surface area contributed by atoms with Gasteiger partial charge in [-0.1, -0.05) is 6.07 Å². The van der Waals surface area contributed by atoms with E-state index in [4.69, 9.17) is 4.74 Å². The van der Waals surface area contributed by atoms with Crippen molar-refractivity contribution < 1.29 is 35.8 Å². The van der Waals surface area contributed by atoms with E-state index in [1.807, 2.05) is 0 Å². The van der Waals surface area contributed by atoms with Gasteiger partial charge in [-0.15, -0.1) is 0 Å². The van der Waals surface area contributed by atoms with Crippen LogP contribution in [0.3, 0.4) is 0 Å². The molecule has 25 heavy (non-hydrogen) atoms. The Morgan fingerprint density at radius 2 is 1.68 bits per heavy atom. The van der Waals surface area contributed by atoms with Gasteiger partial charge in [-0.05, 0) is 24.1 Å². The number of hydrogen-bond acceptors (Lipinski definition) is 4. The van der Waals surface area contributed by atoms with Crippen molar-refractivity contribution in [1.82, 2.24) is 4.98 Å².